The molecule has 1 aliphatic carbocycles. The summed E-state index contributed by atoms with van der Waals surface area (Å²) in [5.74, 6) is 0. The Hall–Kier alpha value is -1.57. The molecule has 0 saturated carbocycles. The Kier molecular flexibility index (Phi) is 3.97. The lowest BCUT2D eigenvalue weighted by Gasteiger charge is -2.14. The Labute approximate surface area is 103 Å². The first-order chi connectivity index (χ1) is 8.31. The molecule has 0 aliphatic heterocycles. The van der Waals surface area contributed by atoms with Gasteiger partial charge in [0.1, 0.15) is 0 Å². The van der Waals surface area contributed by atoms with Gasteiger partial charge < -0.3 is 10.7 Å². The zero-order valence-electron chi connectivity index (χ0n) is 10.4. The fraction of sp³-hybridized carbons (Fsp3) is 0.400. The molecule has 0 atom stereocenters. The second kappa shape index (κ2) is 5.67. The molecule has 90 valence electrons. The minimum Gasteiger partial charge on any atom is -0.358 e. The van der Waals surface area contributed by atoms with Gasteiger partial charge >= 0.3 is 0 Å². The molecule has 2 rings (SSSR count). The summed E-state index contributed by atoms with van der Waals surface area (Å²) >= 11 is 0. The third-order valence-electron chi connectivity index (χ3n) is 3.37. The summed E-state index contributed by atoms with van der Waals surface area (Å²) in [5, 5.41) is 11.0. The van der Waals surface area contributed by atoms with Crippen LogP contribution in [0.4, 0.5) is 5.69 Å². The average Bonchev–Trinajstić information content (AvgIpc) is 2.57. The van der Waals surface area contributed by atoms with Gasteiger partial charge in [-0.15, -0.1) is 0 Å². The van der Waals surface area contributed by atoms with Gasteiger partial charge in [0.15, 0.2) is 0 Å². The maximum absolute atomic E-state index is 7.52. The van der Waals surface area contributed by atoms with Crippen LogP contribution in [-0.2, 0) is 0 Å². The highest BCUT2D eigenvalue weighted by Crippen LogP contribution is 2.25. The molecule has 0 fully saturated rings. The van der Waals surface area contributed by atoms with Gasteiger partial charge in [-0.25, -0.2) is 0 Å². The van der Waals surface area contributed by atoms with Gasteiger partial charge in [-0.05, 0) is 49.8 Å². The van der Waals surface area contributed by atoms with Crippen LogP contribution in [0.3, 0.4) is 0 Å². The lowest BCUT2D eigenvalue weighted by molar-refractivity contribution is 0.710. The van der Waals surface area contributed by atoms with Crippen molar-refractivity contribution < 1.29 is 0 Å². The standard InChI is InChI=1S/C15H20N2/c1-12-7-5-6-9-14(12)17-15-10-4-2-3-8-13(15)11-16/h5-7,9,11,16-17H,2-4,8,10H2,1H3. The Morgan fingerprint density at radius 3 is 2.65 bits per heavy atom. The van der Waals surface area contributed by atoms with E-state index in [9.17, 15) is 0 Å². The van der Waals surface area contributed by atoms with E-state index in [1.165, 1.54) is 48.0 Å². The second-order valence-electron chi connectivity index (χ2n) is 4.65. The topological polar surface area (TPSA) is 35.9 Å². The number of aryl methyl sites for hydroxylation is 1. The van der Waals surface area contributed by atoms with Crippen LogP contribution < -0.4 is 5.32 Å². The average molecular weight is 228 g/mol. The molecule has 0 bridgehead atoms. The highest BCUT2D eigenvalue weighted by molar-refractivity contribution is 5.78. The van der Waals surface area contributed by atoms with Crippen molar-refractivity contribution >= 4 is 11.9 Å². The van der Waals surface area contributed by atoms with Crippen LogP contribution in [-0.4, -0.2) is 6.21 Å². The summed E-state index contributed by atoms with van der Waals surface area (Å²) in [6.07, 6.45) is 7.34. The molecule has 1 aliphatic rings. The third-order valence-corrected chi connectivity index (χ3v) is 3.37. The van der Waals surface area contributed by atoms with Crippen molar-refractivity contribution in [2.24, 2.45) is 0 Å². The Balaban J connectivity index is 2.23. The molecule has 0 unspecified atom stereocenters. The molecule has 1 aromatic rings. The predicted octanol–water partition coefficient (Wildman–Crippen LogP) is 4.27. The van der Waals surface area contributed by atoms with Crippen LogP contribution in [0.25, 0.3) is 0 Å². The molecule has 0 aromatic heterocycles. The van der Waals surface area contributed by atoms with Gasteiger partial charge in [0.25, 0.3) is 0 Å². The van der Waals surface area contributed by atoms with Crippen LogP contribution in [0.2, 0.25) is 0 Å². The van der Waals surface area contributed by atoms with Crippen molar-refractivity contribution in [3.05, 3.63) is 41.1 Å². The maximum atomic E-state index is 7.52. The Morgan fingerprint density at radius 2 is 1.88 bits per heavy atom. The zero-order valence-corrected chi connectivity index (χ0v) is 10.4. The van der Waals surface area contributed by atoms with E-state index in [1.54, 1.807) is 0 Å². The number of anilines is 1. The van der Waals surface area contributed by atoms with Gasteiger partial charge in [-0.1, -0.05) is 24.6 Å². The van der Waals surface area contributed by atoms with Crippen molar-refractivity contribution in [2.45, 2.75) is 39.0 Å². The quantitative estimate of drug-likeness (QED) is 0.744. The molecule has 17 heavy (non-hydrogen) atoms. The summed E-state index contributed by atoms with van der Waals surface area (Å²) in [4.78, 5) is 0. The van der Waals surface area contributed by atoms with Crippen LogP contribution in [0.1, 0.15) is 37.7 Å². The van der Waals surface area contributed by atoms with E-state index in [4.69, 9.17) is 5.41 Å². The summed E-state index contributed by atoms with van der Waals surface area (Å²) in [6, 6.07) is 8.33. The van der Waals surface area contributed by atoms with E-state index in [0.29, 0.717) is 0 Å². The molecular formula is C15H20N2. The van der Waals surface area contributed by atoms with Crippen LogP contribution in [0.5, 0.6) is 0 Å². The fourth-order valence-corrected chi connectivity index (χ4v) is 2.28. The van der Waals surface area contributed by atoms with Crippen molar-refractivity contribution in [3.8, 4) is 0 Å². The maximum Gasteiger partial charge on any atom is 0.0411 e. The van der Waals surface area contributed by atoms with Crippen LogP contribution in [0, 0.1) is 12.3 Å². The number of hydrogen-bond acceptors (Lipinski definition) is 2. The summed E-state index contributed by atoms with van der Waals surface area (Å²) < 4.78 is 0. The number of para-hydroxylation sites is 1. The van der Waals surface area contributed by atoms with Crippen molar-refractivity contribution in [3.63, 3.8) is 0 Å². The molecular weight excluding hydrogens is 208 g/mol. The van der Waals surface area contributed by atoms with Gasteiger partial charge in [0, 0.05) is 17.6 Å². The normalized spacial score (nSPS) is 16.5. The fourth-order valence-electron chi connectivity index (χ4n) is 2.28. The highest BCUT2D eigenvalue weighted by Gasteiger charge is 2.10. The molecule has 2 heteroatoms. The molecule has 0 heterocycles. The number of nitrogens with one attached hydrogen (secondary N) is 2. The molecule has 0 radical (unpaired) electrons. The number of rotatable bonds is 3. The minimum absolute atomic E-state index is 1.04. The molecule has 0 amide bonds. The van der Waals surface area contributed by atoms with Crippen LogP contribution in [0.15, 0.2) is 35.5 Å². The molecule has 2 N–H and O–H groups in total. The van der Waals surface area contributed by atoms with E-state index in [-0.39, 0.29) is 0 Å². The third kappa shape index (κ3) is 2.96. The number of benzene rings is 1. The summed E-state index contributed by atoms with van der Waals surface area (Å²) in [5.41, 5.74) is 4.84. The Morgan fingerprint density at radius 1 is 1.12 bits per heavy atom. The van der Waals surface area contributed by atoms with Crippen molar-refractivity contribution in [1.29, 1.82) is 5.41 Å². The lowest BCUT2D eigenvalue weighted by atomic mass is 10.1. The molecule has 0 saturated heterocycles. The summed E-state index contributed by atoms with van der Waals surface area (Å²) in [6.45, 7) is 2.11. The van der Waals surface area contributed by atoms with Gasteiger partial charge in [-0.3, -0.25) is 0 Å². The summed E-state index contributed by atoms with van der Waals surface area (Å²) in [7, 11) is 0. The minimum atomic E-state index is 1.04. The lowest BCUT2D eigenvalue weighted by Crippen LogP contribution is -2.04. The van der Waals surface area contributed by atoms with Gasteiger partial charge in [0.2, 0.25) is 0 Å². The van der Waals surface area contributed by atoms with E-state index in [0.717, 1.165) is 12.8 Å². The molecule has 2 nitrogen and oxygen atoms in total. The van der Waals surface area contributed by atoms with Gasteiger partial charge in [0.05, 0.1) is 0 Å². The van der Waals surface area contributed by atoms with Crippen molar-refractivity contribution in [1.82, 2.24) is 0 Å². The first-order valence-corrected chi connectivity index (χ1v) is 6.36. The first-order valence-electron chi connectivity index (χ1n) is 6.36. The molecule has 0 spiro atoms. The van der Waals surface area contributed by atoms with E-state index in [1.807, 2.05) is 0 Å². The predicted molar refractivity (Wildman–Crippen MR) is 73.7 cm³/mol. The van der Waals surface area contributed by atoms with E-state index < -0.39 is 0 Å². The smallest absolute Gasteiger partial charge is 0.0411 e. The van der Waals surface area contributed by atoms with E-state index in [2.05, 4.69) is 36.5 Å². The number of allylic oxidation sites excluding steroid dienone is 2. The largest absolute Gasteiger partial charge is 0.358 e. The van der Waals surface area contributed by atoms with Crippen molar-refractivity contribution in [2.75, 3.05) is 5.32 Å². The SMILES string of the molecule is Cc1ccccc1NC1=C(C=N)CCCCC1. The Bertz CT molecular complexity index is 432. The zero-order chi connectivity index (χ0) is 12.1. The second-order valence-corrected chi connectivity index (χ2v) is 4.65. The number of hydrogen-bond donors (Lipinski definition) is 2. The monoisotopic (exact) mass is 228 g/mol. The molecule has 1 aromatic carbocycles. The van der Waals surface area contributed by atoms with E-state index >= 15 is 0 Å². The highest BCUT2D eigenvalue weighted by atomic mass is 14.9. The van der Waals surface area contributed by atoms with Crippen LogP contribution >= 0.6 is 0 Å². The van der Waals surface area contributed by atoms with Gasteiger partial charge in [-0.2, -0.15) is 0 Å². The first kappa shape index (κ1) is 11.9.